The Morgan fingerprint density at radius 3 is 2.76 bits per heavy atom. The van der Waals surface area contributed by atoms with Crippen molar-refractivity contribution in [3.8, 4) is 34.5 Å². The number of piperidine rings is 1. The number of methoxy groups -OCH3 is 2. The highest BCUT2D eigenvalue weighted by atomic mass is 16.7. The quantitative estimate of drug-likeness (QED) is 0.508. The minimum atomic E-state index is -0.0602. The molecule has 9 nitrogen and oxygen atoms in total. The summed E-state index contributed by atoms with van der Waals surface area (Å²) in [5, 5.41) is 8.47. The van der Waals surface area contributed by atoms with Gasteiger partial charge in [-0.2, -0.15) is 0 Å². The van der Waals surface area contributed by atoms with Gasteiger partial charge in [0.05, 0.1) is 20.1 Å². The second-order valence-electron chi connectivity index (χ2n) is 8.08. The highest BCUT2D eigenvalue weighted by Gasteiger charge is 2.28. The van der Waals surface area contributed by atoms with Gasteiger partial charge in [0.1, 0.15) is 0 Å². The van der Waals surface area contributed by atoms with E-state index in [2.05, 4.69) is 10.2 Å². The van der Waals surface area contributed by atoms with Gasteiger partial charge in [-0.05, 0) is 54.8 Å². The molecule has 1 aromatic heterocycles. The van der Waals surface area contributed by atoms with Crippen LogP contribution in [0.3, 0.4) is 0 Å². The van der Waals surface area contributed by atoms with E-state index >= 15 is 0 Å². The largest absolute Gasteiger partial charge is 0.493 e. The third-order valence-corrected chi connectivity index (χ3v) is 5.97. The van der Waals surface area contributed by atoms with Crippen molar-refractivity contribution in [1.29, 1.82) is 0 Å². The van der Waals surface area contributed by atoms with Crippen molar-refractivity contribution in [2.24, 2.45) is 0 Å². The monoisotopic (exact) mass is 463 g/mol. The van der Waals surface area contributed by atoms with Crippen LogP contribution in [0.5, 0.6) is 23.0 Å². The zero-order valence-electron chi connectivity index (χ0n) is 19.0. The number of rotatable bonds is 6. The Labute approximate surface area is 196 Å². The van der Waals surface area contributed by atoms with Gasteiger partial charge in [-0.25, -0.2) is 0 Å². The molecular formula is C25H25N3O6. The Hall–Kier alpha value is -4.01. The lowest BCUT2D eigenvalue weighted by atomic mass is 9.98. The smallest absolute Gasteiger partial charge is 0.247 e. The molecule has 176 valence electrons. The lowest BCUT2D eigenvalue weighted by Crippen LogP contribution is -2.38. The second-order valence-corrected chi connectivity index (χ2v) is 8.08. The molecule has 0 aliphatic carbocycles. The van der Waals surface area contributed by atoms with Gasteiger partial charge in [0, 0.05) is 24.7 Å². The molecule has 3 aromatic rings. The Morgan fingerprint density at radius 2 is 1.91 bits per heavy atom. The number of nitrogens with zero attached hydrogens (tertiary/aromatic N) is 3. The minimum absolute atomic E-state index is 0.0116. The maximum atomic E-state index is 12.9. The standard InChI is InChI=1S/C25H25N3O6/c1-30-19-8-5-16(12-21(19)31-2)6-10-23(29)28-11-3-4-18(14-28)25-27-26-24(34-25)17-7-9-20-22(13-17)33-15-32-20/h5-10,12-13,18H,3-4,11,14-15H2,1-2H3/b10-6+. The van der Waals surface area contributed by atoms with Crippen molar-refractivity contribution in [3.05, 3.63) is 53.9 Å². The summed E-state index contributed by atoms with van der Waals surface area (Å²) >= 11 is 0. The van der Waals surface area contributed by atoms with Gasteiger partial charge in [0.25, 0.3) is 0 Å². The third kappa shape index (κ3) is 4.41. The summed E-state index contributed by atoms with van der Waals surface area (Å²) in [4.78, 5) is 14.7. The van der Waals surface area contributed by atoms with E-state index in [9.17, 15) is 4.79 Å². The fraction of sp³-hybridized carbons (Fsp3) is 0.320. The fourth-order valence-electron chi connectivity index (χ4n) is 4.15. The molecule has 3 heterocycles. The van der Waals surface area contributed by atoms with Crippen LogP contribution in [0.4, 0.5) is 0 Å². The molecule has 1 unspecified atom stereocenters. The molecule has 0 radical (unpaired) electrons. The third-order valence-electron chi connectivity index (χ3n) is 5.97. The Balaban J connectivity index is 1.25. The summed E-state index contributed by atoms with van der Waals surface area (Å²) in [5.41, 5.74) is 1.62. The van der Waals surface area contributed by atoms with Crippen LogP contribution < -0.4 is 18.9 Å². The van der Waals surface area contributed by atoms with Crippen LogP contribution in [0.1, 0.15) is 30.2 Å². The maximum absolute atomic E-state index is 12.9. The molecule has 0 saturated carbocycles. The van der Waals surface area contributed by atoms with Gasteiger partial charge in [-0.3, -0.25) is 4.79 Å². The van der Waals surface area contributed by atoms with Gasteiger partial charge < -0.3 is 28.3 Å². The number of hydrogen-bond acceptors (Lipinski definition) is 8. The lowest BCUT2D eigenvalue weighted by Gasteiger charge is -2.30. The minimum Gasteiger partial charge on any atom is -0.493 e. The summed E-state index contributed by atoms with van der Waals surface area (Å²) in [6, 6.07) is 11.0. The first-order valence-electron chi connectivity index (χ1n) is 11.1. The van der Waals surface area contributed by atoms with Gasteiger partial charge >= 0.3 is 0 Å². The number of fused-ring (bicyclic) bond motifs is 1. The zero-order chi connectivity index (χ0) is 23.5. The summed E-state index contributed by atoms with van der Waals surface area (Å²) in [6.07, 6.45) is 5.10. The molecular weight excluding hydrogens is 438 g/mol. The van der Waals surface area contributed by atoms with Gasteiger partial charge in [-0.15, -0.1) is 10.2 Å². The molecule has 2 aliphatic rings. The summed E-state index contributed by atoms with van der Waals surface area (Å²) < 4.78 is 27.3. The van der Waals surface area contributed by atoms with E-state index < -0.39 is 0 Å². The van der Waals surface area contributed by atoms with Crippen LogP contribution >= 0.6 is 0 Å². The first-order chi connectivity index (χ1) is 16.6. The summed E-state index contributed by atoms with van der Waals surface area (Å²) in [6.45, 7) is 1.42. The number of hydrogen-bond donors (Lipinski definition) is 0. The first-order valence-corrected chi connectivity index (χ1v) is 11.1. The summed E-state index contributed by atoms with van der Waals surface area (Å²) in [7, 11) is 3.17. The fourth-order valence-corrected chi connectivity index (χ4v) is 4.15. The van der Waals surface area contributed by atoms with Crippen LogP contribution in [0.2, 0.25) is 0 Å². The Morgan fingerprint density at radius 1 is 1.06 bits per heavy atom. The molecule has 5 rings (SSSR count). The van der Waals surface area contributed by atoms with E-state index in [1.807, 2.05) is 41.3 Å². The molecule has 9 heteroatoms. The molecule has 1 atom stereocenters. The molecule has 0 spiro atoms. The molecule has 1 fully saturated rings. The predicted octanol–water partition coefficient (Wildman–Crippen LogP) is 3.90. The highest BCUT2D eigenvalue weighted by molar-refractivity contribution is 5.92. The van der Waals surface area contributed by atoms with Crippen molar-refractivity contribution in [2.75, 3.05) is 34.1 Å². The molecule has 2 aliphatic heterocycles. The first kappa shape index (κ1) is 21.8. The average molecular weight is 463 g/mol. The van der Waals surface area contributed by atoms with E-state index in [0.717, 1.165) is 24.0 Å². The van der Waals surface area contributed by atoms with Crippen molar-refractivity contribution >= 4 is 12.0 Å². The van der Waals surface area contributed by atoms with E-state index in [4.69, 9.17) is 23.4 Å². The maximum Gasteiger partial charge on any atom is 0.247 e. The molecule has 1 saturated heterocycles. The zero-order valence-corrected chi connectivity index (χ0v) is 19.0. The number of ether oxygens (including phenoxy) is 4. The van der Waals surface area contributed by atoms with E-state index in [-0.39, 0.29) is 18.6 Å². The number of amides is 1. The Kier molecular flexibility index (Phi) is 6.07. The summed E-state index contributed by atoms with van der Waals surface area (Å²) in [5.74, 6) is 3.50. The molecule has 2 aromatic carbocycles. The number of carbonyl (C=O) groups is 1. The van der Waals surface area contributed by atoms with E-state index in [1.54, 1.807) is 26.4 Å². The van der Waals surface area contributed by atoms with Crippen LogP contribution in [0.25, 0.3) is 17.5 Å². The van der Waals surface area contributed by atoms with Crippen LogP contribution in [0, 0.1) is 0 Å². The molecule has 0 bridgehead atoms. The molecule has 34 heavy (non-hydrogen) atoms. The number of carbonyl (C=O) groups excluding carboxylic acids is 1. The molecule has 1 amide bonds. The number of likely N-dealkylation sites (tertiary alicyclic amines) is 1. The lowest BCUT2D eigenvalue weighted by molar-refractivity contribution is -0.127. The topological polar surface area (TPSA) is 96.2 Å². The van der Waals surface area contributed by atoms with Crippen molar-refractivity contribution < 1.29 is 28.2 Å². The average Bonchev–Trinajstić information content (AvgIpc) is 3.56. The van der Waals surface area contributed by atoms with Crippen molar-refractivity contribution in [2.45, 2.75) is 18.8 Å². The van der Waals surface area contributed by atoms with Crippen molar-refractivity contribution in [3.63, 3.8) is 0 Å². The predicted molar refractivity (Wildman–Crippen MR) is 123 cm³/mol. The van der Waals surface area contributed by atoms with Crippen LogP contribution in [-0.4, -0.2) is 55.1 Å². The number of benzene rings is 2. The van der Waals surface area contributed by atoms with Gasteiger partial charge in [0.2, 0.25) is 24.5 Å². The van der Waals surface area contributed by atoms with Gasteiger partial charge in [-0.1, -0.05) is 6.07 Å². The van der Waals surface area contributed by atoms with Gasteiger partial charge in [0.15, 0.2) is 23.0 Å². The SMILES string of the molecule is COc1ccc(/C=C/C(=O)N2CCCC(c3nnc(-c4ccc5c(c4)OCO5)o3)C2)cc1OC. The normalized spacial score (nSPS) is 17.2. The van der Waals surface area contributed by atoms with E-state index in [1.165, 1.54) is 0 Å². The highest BCUT2D eigenvalue weighted by Crippen LogP contribution is 2.36. The second kappa shape index (κ2) is 9.46. The molecule has 0 N–H and O–H groups in total. The van der Waals surface area contributed by atoms with Crippen molar-refractivity contribution in [1.82, 2.24) is 15.1 Å². The van der Waals surface area contributed by atoms with E-state index in [0.29, 0.717) is 47.9 Å². The van der Waals surface area contributed by atoms with Crippen LogP contribution in [-0.2, 0) is 4.79 Å². The Bertz CT molecular complexity index is 1220. The van der Waals surface area contributed by atoms with Crippen LogP contribution in [0.15, 0.2) is 46.9 Å². The number of aromatic nitrogens is 2.